The maximum Gasteiger partial charge on any atom is 0.338 e. The van der Waals surface area contributed by atoms with Crippen LogP contribution in [0.4, 0.5) is 5.69 Å². The number of hydrogen-bond donors (Lipinski definition) is 1. The lowest BCUT2D eigenvalue weighted by Gasteiger charge is -2.10. The molecule has 0 unspecified atom stereocenters. The van der Waals surface area contributed by atoms with Crippen LogP contribution < -0.4 is 5.32 Å². The fourth-order valence-electron chi connectivity index (χ4n) is 2.36. The fourth-order valence-corrected chi connectivity index (χ4v) is 2.69. The monoisotopic (exact) mass is 366 g/mol. The third-order valence-corrected chi connectivity index (χ3v) is 4.09. The number of imidazole rings is 1. The van der Waals surface area contributed by atoms with Gasteiger partial charge in [-0.1, -0.05) is 12.2 Å². The average Bonchev–Trinajstić information content (AvgIpc) is 3.16. The topological polar surface area (TPSA) is 69.0 Å². The Morgan fingerprint density at radius 1 is 1.23 bits per heavy atom. The van der Waals surface area contributed by atoms with Crippen molar-refractivity contribution in [3.63, 3.8) is 0 Å². The highest BCUT2D eigenvalue weighted by Gasteiger charge is 2.09. The summed E-state index contributed by atoms with van der Waals surface area (Å²) in [6.07, 6.45) is 6.92. The molecule has 0 aliphatic carbocycles. The van der Waals surface area contributed by atoms with Gasteiger partial charge in [-0.3, -0.25) is 4.98 Å². The Labute approximate surface area is 156 Å². The van der Waals surface area contributed by atoms with Gasteiger partial charge >= 0.3 is 5.97 Å². The SMILES string of the molecule is Cc1ncccc1C(=S)Nc1ccc(C(=O)OCCn2ccnc2)cc1. The molecule has 3 rings (SSSR count). The summed E-state index contributed by atoms with van der Waals surface area (Å²) in [5, 5.41) is 3.16. The number of hydrogen-bond acceptors (Lipinski definition) is 5. The van der Waals surface area contributed by atoms with Crippen molar-refractivity contribution in [3.05, 3.63) is 78.1 Å². The molecule has 0 bridgehead atoms. The summed E-state index contributed by atoms with van der Waals surface area (Å²) in [6, 6.07) is 10.8. The molecule has 0 aliphatic heterocycles. The van der Waals surface area contributed by atoms with Crippen molar-refractivity contribution in [2.75, 3.05) is 11.9 Å². The Morgan fingerprint density at radius 3 is 2.73 bits per heavy atom. The molecule has 0 spiro atoms. The summed E-state index contributed by atoms with van der Waals surface area (Å²) in [5.74, 6) is -0.359. The first-order valence-electron chi connectivity index (χ1n) is 8.09. The van der Waals surface area contributed by atoms with Crippen LogP contribution in [0.3, 0.4) is 0 Å². The predicted molar refractivity (Wildman–Crippen MR) is 103 cm³/mol. The summed E-state index contributed by atoms with van der Waals surface area (Å²) >= 11 is 5.42. The molecule has 6 nitrogen and oxygen atoms in total. The van der Waals surface area contributed by atoms with E-state index in [1.54, 1.807) is 43.0 Å². The van der Waals surface area contributed by atoms with Crippen molar-refractivity contribution in [2.24, 2.45) is 0 Å². The number of rotatable bonds is 6. The molecule has 132 valence electrons. The second-order valence-corrected chi connectivity index (χ2v) is 6.01. The molecule has 0 amide bonds. The van der Waals surface area contributed by atoms with Crippen LogP contribution >= 0.6 is 12.2 Å². The van der Waals surface area contributed by atoms with E-state index in [0.717, 1.165) is 16.9 Å². The summed E-state index contributed by atoms with van der Waals surface area (Å²) < 4.78 is 7.11. The highest BCUT2D eigenvalue weighted by molar-refractivity contribution is 7.81. The highest BCUT2D eigenvalue weighted by atomic mass is 32.1. The van der Waals surface area contributed by atoms with Crippen LogP contribution in [-0.2, 0) is 11.3 Å². The molecule has 0 fully saturated rings. The summed E-state index contributed by atoms with van der Waals surface area (Å²) in [5.41, 5.74) is 3.03. The van der Waals surface area contributed by atoms with E-state index in [2.05, 4.69) is 15.3 Å². The maximum atomic E-state index is 12.1. The lowest BCUT2D eigenvalue weighted by atomic mass is 10.2. The molecule has 2 aromatic heterocycles. The number of nitrogens with zero attached hydrogens (tertiary/aromatic N) is 3. The molecular weight excluding hydrogens is 348 g/mol. The Bertz CT molecular complexity index is 892. The van der Waals surface area contributed by atoms with E-state index >= 15 is 0 Å². The Balaban J connectivity index is 1.55. The van der Waals surface area contributed by atoms with Crippen molar-refractivity contribution in [1.29, 1.82) is 0 Å². The van der Waals surface area contributed by atoms with Gasteiger partial charge in [-0.25, -0.2) is 9.78 Å². The van der Waals surface area contributed by atoms with Crippen LogP contribution in [0.5, 0.6) is 0 Å². The minimum atomic E-state index is -0.359. The molecule has 0 radical (unpaired) electrons. The van der Waals surface area contributed by atoms with Crippen molar-refractivity contribution < 1.29 is 9.53 Å². The lowest BCUT2D eigenvalue weighted by molar-refractivity contribution is 0.0491. The first-order chi connectivity index (χ1) is 12.6. The molecule has 0 saturated heterocycles. The molecule has 1 aromatic carbocycles. The van der Waals surface area contributed by atoms with Crippen LogP contribution in [-0.4, -0.2) is 32.1 Å². The quantitative estimate of drug-likeness (QED) is 0.534. The number of nitrogens with one attached hydrogen (secondary N) is 1. The molecule has 2 heterocycles. The summed E-state index contributed by atoms with van der Waals surface area (Å²) in [6.45, 7) is 2.77. The van der Waals surface area contributed by atoms with Gasteiger partial charge in [-0.2, -0.15) is 0 Å². The highest BCUT2D eigenvalue weighted by Crippen LogP contribution is 2.14. The Kier molecular flexibility index (Phi) is 5.70. The molecule has 26 heavy (non-hydrogen) atoms. The van der Waals surface area contributed by atoms with E-state index in [9.17, 15) is 4.79 Å². The number of thiocarbonyl (C=S) groups is 1. The van der Waals surface area contributed by atoms with E-state index < -0.39 is 0 Å². The first-order valence-corrected chi connectivity index (χ1v) is 8.50. The van der Waals surface area contributed by atoms with Crippen LogP contribution in [0, 0.1) is 6.92 Å². The van der Waals surface area contributed by atoms with E-state index in [4.69, 9.17) is 17.0 Å². The number of benzene rings is 1. The molecule has 0 atom stereocenters. The lowest BCUT2D eigenvalue weighted by Crippen LogP contribution is -2.13. The number of pyridine rings is 1. The van der Waals surface area contributed by atoms with Gasteiger partial charge in [0.25, 0.3) is 0 Å². The van der Waals surface area contributed by atoms with Crippen molar-refractivity contribution in [3.8, 4) is 0 Å². The van der Waals surface area contributed by atoms with Crippen LogP contribution in [0.2, 0.25) is 0 Å². The standard InChI is InChI=1S/C19H18N4O2S/c1-14-17(3-2-8-21-14)18(26)22-16-6-4-15(5-7-16)19(24)25-12-11-23-10-9-20-13-23/h2-10,13H,11-12H2,1H3,(H,22,26). The zero-order valence-corrected chi connectivity index (χ0v) is 15.1. The van der Waals surface area contributed by atoms with Gasteiger partial charge in [-0.15, -0.1) is 0 Å². The van der Waals surface area contributed by atoms with Gasteiger partial charge in [0.05, 0.1) is 18.4 Å². The molecule has 1 N–H and O–H groups in total. The average molecular weight is 366 g/mol. The van der Waals surface area contributed by atoms with Crippen molar-refractivity contribution >= 4 is 28.9 Å². The van der Waals surface area contributed by atoms with Crippen LogP contribution in [0.25, 0.3) is 0 Å². The fraction of sp³-hybridized carbons (Fsp3) is 0.158. The molecule has 0 aliphatic rings. The Hall–Kier alpha value is -3.06. The smallest absolute Gasteiger partial charge is 0.338 e. The minimum Gasteiger partial charge on any atom is -0.460 e. The maximum absolute atomic E-state index is 12.1. The van der Waals surface area contributed by atoms with Crippen molar-refractivity contribution in [2.45, 2.75) is 13.5 Å². The van der Waals surface area contributed by atoms with E-state index in [1.165, 1.54) is 0 Å². The number of esters is 1. The minimum absolute atomic E-state index is 0.291. The number of anilines is 1. The predicted octanol–water partition coefficient (Wildman–Crippen LogP) is 3.23. The van der Waals surface area contributed by atoms with Crippen LogP contribution in [0.1, 0.15) is 21.6 Å². The molecule has 3 aromatic rings. The van der Waals surface area contributed by atoms with E-state index in [1.807, 2.05) is 29.8 Å². The van der Waals surface area contributed by atoms with Gasteiger partial charge in [0.2, 0.25) is 0 Å². The summed E-state index contributed by atoms with van der Waals surface area (Å²) in [4.78, 5) is 20.8. The zero-order chi connectivity index (χ0) is 18.4. The number of aryl methyl sites for hydroxylation is 1. The third-order valence-electron chi connectivity index (χ3n) is 3.77. The molecular formula is C19H18N4O2S. The van der Waals surface area contributed by atoms with Gasteiger partial charge in [0.15, 0.2) is 0 Å². The van der Waals surface area contributed by atoms with Gasteiger partial charge in [-0.05, 0) is 43.3 Å². The number of carbonyl (C=O) groups is 1. The Morgan fingerprint density at radius 2 is 2.04 bits per heavy atom. The van der Waals surface area contributed by atoms with Crippen molar-refractivity contribution in [1.82, 2.24) is 14.5 Å². The molecule has 0 saturated carbocycles. The van der Waals surface area contributed by atoms with Gasteiger partial charge < -0.3 is 14.6 Å². The number of carbonyl (C=O) groups excluding carboxylic acids is 1. The first kappa shape index (κ1) is 17.8. The zero-order valence-electron chi connectivity index (χ0n) is 14.3. The van der Waals surface area contributed by atoms with E-state index in [-0.39, 0.29) is 5.97 Å². The normalized spacial score (nSPS) is 10.3. The molecule has 7 heteroatoms. The summed E-state index contributed by atoms with van der Waals surface area (Å²) in [7, 11) is 0. The third kappa shape index (κ3) is 4.52. The van der Waals surface area contributed by atoms with Crippen LogP contribution in [0.15, 0.2) is 61.3 Å². The van der Waals surface area contributed by atoms with Gasteiger partial charge in [0, 0.05) is 35.5 Å². The number of aromatic nitrogens is 3. The second kappa shape index (κ2) is 8.35. The number of ether oxygens (including phenoxy) is 1. The second-order valence-electron chi connectivity index (χ2n) is 5.60. The largest absolute Gasteiger partial charge is 0.460 e. The van der Waals surface area contributed by atoms with E-state index in [0.29, 0.717) is 23.7 Å². The van der Waals surface area contributed by atoms with Gasteiger partial charge in [0.1, 0.15) is 11.6 Å².